The molecule has 1 fully saturated rings. The normalized spacial score (nSPS) is 16.8. The maximum Gasteiger partial charge on any atom is 0.344 e. The molecule has 8 heteroatoms. The second-order valence-corrected chi connectivity index (χ2v) is 8.51. The fraction of sp³-hybridized carbons (Fsp3) is 0.348. The number of carbonyl (C=O) groups excluding carboxylic acids is 1. The lowest BCUT2D eigenvalue weighted by atomic mass is 9.99. The van der Waals surface area contributed by atoms with Gasteiger partial charge in [-0.25, -0.2) is 9.89 Å². The van der Waals surface area contributed by atoms with E-state index < -0.39 is 0 Å². The van der Waals surface area contributed by atoms with E-state index in [2.05, 4.69) is 27.6 Å². The Bertz CT molecular complexity index is 1030. The molecule has 0 spiro atoms. The van der Waals surface area contributed by atoms with Crippen molar-refractivity contribution >= 4 is 17.7 Å². The number of ether oxygens (including phenoxy) is 1. The standard InChI is InChI=1S/C23H26N4O3S/c28-21(16-31-23-26-25-22(29)27(23)15-19-12-7-13-30-19)24-20(18-10-5-2-6-11-18)14-17-8-3-1-4-9-17/h1-6,8-11,19-20H,7,12-16H2,(H,24,28)(H,25,29)/t19-,20+/m1/s1. The Morgan fingerprint density at radius 1 is 1.19 bits per heavy atom. The van der Waals surface area contributed by atoms with Crippen molar-refractivity contribution in [2.24, 2.45) is 0 Å². The number of thioether (sulfide) groups is 1. The van der Waals surface area contributed by atoms with Gasteiger partial charge in [0.05, 0.1) is 24.4 Å². The Kier molecular flexibility index (Phi) is 7.22. The van der Waals surface area contributed by atoms with Gasteiger partial charge in [0, 0.05) is 6.61 Å². The van der Waals surface area contributed by atoms with Gasteiger partial charge in [0.25, 0.3) is 0 Å². The van der Waals surface area contributed by atoms with Crippen molar-refractivity contribution in [2.45, 2.75) is 43.1 Å². The van der Waals surface area contributed by atoms with Crippen LogP contribution in [0.1, 0.15) is 30.0 Å². The summed E-state index contributed by atoms with van der Waals surface area (Å²) in [6.07, 6.45) is 2.66. The molecule has 2 aromatic carbocycles. The summed E-state index contributed by atoms with van der Waals surface area (Å²) >= 11 is 1.26. The number of benzene rings is 2. The second-order valence-electron chi connectivity index (χ2n) is 7.57. The molecule has 0 unspecified atom stereocenters. The molecular formula is C23H26N4O3S. The summed E-state index contributed by atoms with van der Waals surface area (Å²) in [5.74, 6) is 0.0717. The lowest BCUT2D eigenvalue weighted by molar-refractivity contribution is -0.119. The van der Waals surface area contributed by atoms with E-state index >= 15 is 0 Å². The molecule has 0 bridgehead atoms. The van der Waals surface area contributed by atoms with E-state index in [4.69, 9.17) is 4.74 Å². The Hall–Kier alpha value is -2.84. The van der Waals surface area contributed by atoms with Gasteiger partial charge in [0.15, 0.2) is 5.16 Å². The molecule has 1 amide bonds. The van der Waals surface area contributed by atoms with Crippen molar-refractivity contribution < 1.29 is 9.53 Å². The molecule has 2 heterocycles. The van der Waals surface area contributed by atoms with Gasteiger partial charge in [-0.05, 0) is 30.4 Å². The average Bonchev–Trinajstić information content (AvgIpc) is 3.44. The van der Waals surface area contributed by atoms with Gasteiger partial charge in [-0.15, -0.1) is 5.10 Å². The predicted octanol–water partition coefficient (Wildman–Crippen LogP) is 2.94. The van der Waals surface area contributed by atoms with E-state index in [1.807, 2.05) is 48.5 Å². The summed E-state index contributed by atoms with van der Waals surface area (Å²) in [6, 6.07) is 19.9. The van der Waals surface area contributed by atoms with Gasteiger partial charge in [-0.1, -0.05) is 72.4 Å². The summed E-state index contributed by atoms with van der Waals surface area (Å²) in [4.78, 5) is 24.9. The molecular weight excluding hydrogens is 412 g/mol. The number of carbonyl (C=O) groups is 1. The van der Waals surface area contributed by atoms with Gasteiger partial charge in [-0.2, -0.15) is 0 Å². The van der Waals surface area contributed by atoms with Crippen molar-refractivity contribution in [1.82, 2.24) is 20.1 Å². The fourth-order valence-electron chi connectivity index (χ4n) is 3.72. The lowest BCUT2D eigenvalue weighted by Gasteiger charge is -2.19. The monoisotopic (exact) mass is 438 g/mol. The number of amides is 1. The lowest BCUT2D eigenvalue weighted by Crippen LogP contribution is -2.31. The third-order valence-corrected chi connectivity index (χ3v) is 6.26. The zero-order chi connectivity index (χ0) is 21.5. The van der Waals surface area contributed by atoms with Gasteiger partial charge >= 0.3 is 5.69 Å². The first kappa shape index (κ1) is 21.4. The maximum absolute atomic E-state index is 12.8. The largest absolute Gasteiger partial charge is 0.376 e. The van der Waals surface area contributed by atoms with Crippen molar-refractivity contribution in [3.8, 4) is 0 Å². The summed E-state index contributed by atoms with van der Waals surface area (Å²) in [5, 5.41) is 10.2. The minimum absolute atomic E-state index is 0.0248. The van der Waals surface area contributed by atoms with Crippen LogP contribution in [0, 0.1) is 0 Å². The van der Waals surface area contributed by atoms with Crippen LogP contribution in [0.2, 0.25) is 0 Å². The van der Waals surface area contributed by atoms with E-state index in [0.717, 1.165) is 30.6 Å². The summed E-state index contributed by atoms with van der Waals surface area (Å²) in [5.41, 5.74) is 1.94. The topological polar surface area (TPSA) is 89.0 Å². The van der Waals surface area contributed by atoms with Gasteiger partial charge < -0.3 is 10.1 Å². The summed E-state index contributed by atoms with van der Waals surface area (Å²) in [6.45, 7) is 1.18. The fourth-order valence-corrected chi connectivity index (χ4v) is 4.49. The molecule has 0 radical (unpaired) electrons. The van der Waals surface area contributed by atoms with Gasteiger partial charge in [-0.3, -0.25) is 9.36 Å². The third-order valence-electron chi connectivity index (χ3n) is 5.29. The molecule has 2 N–H and O–H groups in total. The van der Waals surface area contributed by atoms with E-state index in [9.17, 15) is 9.59 Å². The smallest absolute Gasteiger partial charge is 0.344 e. The average molecular weight is 439 g/mol. The number of hydrogen-bond acceptors (Lipinski definition) is 5. The predicted molar refractivity (Wildman–Crippen MR) is 120 cm³/mol. The molecule has 3 aromatic rings. The van der Waals surface area contributed by atoms with Crippen LogP contribution in [0.5, 0.6) is 0 Å². The highest BCUT2D eigenvalue weighted by molar-refractivity contribution is 7.99. The number of rotatable bonds is 9. The first-order valence-electron chi connectivity index (χ1n) is 10.5. The van der Waals surface area contributed by atoms with Crippen LogP contribution in [0.4, 0.5) is 0 Å². The van der Waals surface area contributed by atoms with E-state index in [1.165, 1.54) is 11.8 Å². The molecule has 1 aliphatic rings. The molecule has 0 aliphatic carbocycles. The number of hydrogen-bond donors (Lipinski definition) is 2. The number of nitrogens with zero attached hydrogens (tertiary/aromatic N) is 2. The zero-order valence-corrected chi connectivity index (χ0v) is 18.0. The highest BCUT2D eigenvalue weighted by Gasteiger charge is 2.21. The molecule has 31 heavy (non-hydrogen) atoms. The Balaban J connectivity index is 1.40. The maximum atomic E-state index is 12.8. The van der Waals surface area contributed by atoms with Crippen molar-refractivity contribution in [2.75, 3.05) is 12.4 Å². The molecule has 1 aromatic heterocycles. The van der Waals surface area contributed by atoms with Crippen LogP contribution in [0.15, 0.2) is 70.6 Å². The van der Waals surface area contributed by atoms with Crippen LogP contribution < -0.4 is 11.0 Å². The highest BCUT2D eigenvalue weighted by Crippen LogP contribution is 2.21. The van der Waals surface area contributed by atoms with Crippen LogP contribution >= 0.6 is 11.8 Å². The summed E-state index contributed by atoms with van der Waals surface area (Å²) < 4.78 is 7.19. The first-order valence-corrected chi connectivity index (χ1v) is 11.5. The Labute approximate surface area is 185 Å². The van der Waals surface area contributed by atoms with E-state index in [1.54, 1.807) is 4.57 Å². The number of H-pyrrole nitrogens is 1. The van der Waals surface area contributed by atoms with Crippen molar-refractivity contribution in [3.63, 3.8) is 0 Å². The van der Waals surface area contributed by atoms with E-state index in [-0.39, 0.29) is 29.5 Å². The molecule has 2 atom stereocenters. The molecule has 7 nitrogen and oxygen atoms in total. The molecule has 162 valence electrons. The van der Waals surface area contributed by atoms with Crippen LogP contribution in [-0.4, -0.2) is 39.1 Å². The number of nitrogens with one attached hydrogen (secondary N) is 2. The number of aromatic amines is 1. The van der Waals surface area contributed by atoms with Gasteiger partial charge in [0.2, 0.25) is 5.91 Å². The third kappa shape index (κ3) is 5.86. The molecule has 1 saturated heterocycles. The van der Waals surface area contributed by atoms with Crippen LogP contribution in [0.3, 0.4) is 0 Å². The van der Waals surface area contributed by atoms with Crippen LogP contribution in [-0.2, 0) is 22.5 Å². The minimum atomic E-state index is -0.273. The van der Waals surface area contributed by atoms with Crippen molar-refractivity contribution in [3.05, 3.63) is 82.3 Å². The Morgan fingerprint density at radius 3 is 2.65 bits per heavy atom. The van der Waals surface area contributed by atoms with Gasteiger partial charge in [0.1, 0.15) is 0 Å². The molecule has 4 rings (SSSR count). The molecule has 0 saturated carbocycles. The quantitative estimate of drug-likeness (QED) is 0.502. The van der Waals surface area contributed by atoms with Crippen LogP contribution in [0.25, 0.3) is 0 Å². The first-order chi connectivity index (χ1) is 15.2. The summed E-state index contributed by atoms with van der Waals surface area (Å²) in [7, 11) is 0. The highest BCUT2D eigenvalue weighted by atomic mass is 32.2. The second kappa shape index (κ2) is 10.5. The number of aromatic nitrogens is 3. The molecule has 1 aliphatic heterocycles. The zero-order valence-electron chi connectivity index (χ0n) is 17.2. The van der Waals surface area contributed by atoms with Crippen molar-refractivity contribution in [1.29, 1.82) is 0 Å². The Morgan fingerprint density at radius 2 is 1.94 bits per heavy atom. The van der Waals surface area contributed by atoms with E-state index in [0.29, 0.717) is 18.1 Å². The minimum Gasteiger partial charge on any atom is -0.376 e. The SMILES string of the molecule is O=C(CSc1n[nH]c(=O)n1C[C@H]1CCCO1)N[C@@H](Cc1ccccc1)c1ccccc1.